The van der Waals surface area contributed by atoms with Crippen LogP contribution < -0.4 is 11.1 Å². The largest absolute Gasteiger partial charge is 0.361 e. The maximum absolute atomic E-state index is 11.8. The van der Waals surface area contributed by atoms with Gasteiger partial charge in [0.2, 0.25) is 0 Å². The van der Waals surface area contributed by atoms with Gasteiger partial charge in [-0.2, -0.15) is 0 Å². The lowest BCUT2D eigenvalue weighted by atomic mass is 10.1. The summed E-state index contributed by atoms with van der Waals surface area (Å²) < 4.78 is 4.85. The lowest BCUT2D eigenvalue weighted by Crippen LogP contribution is -2.27. The molecule has 1 heterocycles. The molecule has 1 aromatic carbocycles. The number of aromatic nitrogens is 1. The molecule has 100 valence electrons. The maximum atomic E-state index is 11.8. The number of carbonyl (C=O) groups excluding carboxylic acids is 1. The normalized spacial score (nSPS) is 12.1. The SMILES string of the molecule is Cc1oncc1C(=O)NCCC(N)c1ccccc1. The van der Waals surface area contributed by atoms with E-state index in [1.807, 2.05) is 30.3 Å². The van der Waals surface area contributed by atoms with Crippen molar-refractivity contribution in [2.45, 2.75) is 19.4 Å². The summed E-state index contributed by atoms with van der Waals surface area (Å²) in [5.41, 5.74) is 7.58. The zero-order valence-corrected chi connectivity index (χ0v) is 10.8. The number of amides is 1. The van der Waals surface area contributed by atoms with Crippen molar-refractivity contribution in [1.29, 1.82) is 0 Å². The number of rotatable bonds is 5. The predicted octanol–water partition coefficient (Wildman–Crippen LogP) is 1.80. The number of hydrogen-bond acceptors (Lipinski definition) is 4. The van der Waals surface area contributed by atoms with Crippen LogP contribution in [-0.2, 0) is 0 Å². The lowest BCUT2D eigenvalue weighted by Gasteiger charge is -2.12. The summed E-state index contributed by atoms with van der Waals surface area (Å²) >= 11 is 0. The van der Waals surface area contributed by atoms with Crippen LogP contribution in [0.25, 0.3) is 0 Å². The van der Waals surface area contributed by atoms with E-state index < -0.39 is 0 Å². The highest BCUT2D eigenvalue weighted by molar-refractivity contribution is 5.94. The molecule has 0 fully saturated rings. The van der Waals surface area contributed by atoms with Crippen LogP contribution in [0.2, 0.25) is 0 Å². The van der Waals surface area contributed by atoms with Gasteiger partial charge in [-0.3, -0.25) is 4.79 Å². The van der Waals surface area contributed by atoms with Crippen LogP contribution in [0, 0.1) is 6.92 Å². The minimum Gasteiger partial charge on any atom is -0.361 e. The van der Waals surface area contributed by atoms with Gasteiger partial charge in [0.25, 0.3) is 5.91 Å². The number of hydrogen-bond donors (Lipinski definition) is 2. The van der Waals surface area contributed by atoms with Gasteiger partial charge in [0.1, 0.15) is 11.3 Å². The first-order valence-electron chi connectivity index (χ1n) is 6.18. The molecule has 5 heteroatoms. The van der Waals surface area contributed by atoms with E-state index in [-0.39, 0.29) is 11.9 Å². The summed E-state index contributed by atoms with van der Waals surface area (Å²) in [6, 6.07) is 9.74. The topological polar surface area (TPSA) is 81.2 Å². The van der Waals surface area contributed by atoms with E-state index in [0.29, 0.717) is 24.3 Å². The Morgan fingerprint density at radius 2 is 2.16 bits per heavy atom. The molecule has 0 aliphatic heterocycles. The second kappa shape index (κ2) is 6.15. The van der Waals surface area contributed by atoms with Crippen molar-refractivity contribution in [2.75, 3.05) is 6.54 Å². The van der Waals surface area contributed by atoms with Crippen molar-refractivity contribution in [3.63, 3.8) is 0 Å². The number of aryl methyl sites for hydroxylation is 1. The van der Waals surface area contributed by atoms with E-state index in [4.69, 9.17) is 10.3 Å². The first-order chi connectivity index (χ1) is 9.18. The van der Waals surface area contributed by atoms with Gasteiger partial charge in [0, 0.05) is 12.6 Å². The lowest BCUT2D eigenvalue weighted by molar-refractivity contribution is 0.0951. The molecule has 0 spiro atoms. The summed E-state index contributed by atoms with van der Waals surface area (Å²) in [5, 5.41) is 6.38. The van der Waals surface area contributed by atoms with Crippen LogP contribution in [0.1, 0.15) is 34.1 Å². The number of benzene rings is 1. The molecule has 1 aromatic heterocycles. The van der Waals surface area contributed by atoms with Gasteiger partial charge in [-0.15, -0.1) is 0 Å². The van der Waals surface area contributed by atoms with E-state index in [0.717, 1.165) is 5.56 Å². The summed E-state index contributed by atoms with van der Waals surface area (Å²) in [5.74, 6) is 0.337. The average Bonchev–Trinajstić information content (AvgIpc) is 2.86. The van der Waals surface area contributed by atoms with Crippen LogP contribution in [0.3, 0.4) is 0 Å². The summed E-state index contributed by atoms with van der Waals surface area (Å²) in [6.45, 7) is 2.22. The monoisotopic (exact) mass is 259 g/mol. The molecular formula is C14H17N3O2. The second-order valence-corrected chi connectivity index (χ2v) is 4.36. The molecule has 2 aromatic rings. The van der Waals surface area contributed by atoms with E-state index >= 15 is 0 Å². The van der Waals surface area contributed by atoms with Gasteiger partial charge in [-0.25, -0.2) is 0 Å². The molecule has 0 saturated heterocycles. The molecule has 3 N–H and O–H groups in total. The van der Waals surface area contributed by atoms with Crippen molar-refractivity contribution < 1.29 is 9.32 Å². The zero-order chi connectivity index (χ0) is 13.7. The van der Waals surface area contributed by atoms with Gasteiger partial charge in [0.15, 0.2) is 0 Å². The summed E-state index contributed by atoms with van der Waals surface area (Å²) in [4.78, 5) is 11.8. The third kappa shape index (κ3) is 3.42. The highest BCUT2D eigenvalue weighted by Crippen LogP contribution is 2.12. The Bertz CT molecular complexity index is 537. The van der Waals surface area contributed by atoms with Crippen molar-refractivity contribution >= 4 is 5.91 Å². The standard InChI is InChI=1S/C14H17N3O2/c1-10-12(9-17-19-10)14(18)16-8-7-13(15)11-5-3-2-4-6-11/h2-6,9,13H,7-8,15H2,1H3,(H,16,18). The molecule has 1 unspecified atom stereocenters. The molecule has 1 atom stereocenters. The molecular weight excluding hydrogens is 242 g/mol. The highest BCUT2D eigenvalue weighted by atomic mass is 16.5. The van der Waals surface area contributed by atoms with Crippen molar-refractivity contribution in [1.82, 2.24) is 10.5 Å². The molecule has 0 aliphatic carbocycles. The van der Waals surface area contributed by atoms with Gasteiger partial charge < -0.3 is 15.6 Å². The molecule has 1 amide bonds. The predicted molar refractivity (Wildman–Crippen MR) is 71.6 cm³/mol. The molecule has 0 radical (unpaired) electrons. The Labute approximate surface area is 111 Å². The highest BCUT2D eigenvalue weighted by Gasteiger charge is 2.12. The average molecular weight is 259 g/mol. The molecule has 0 bridgehead atoms. The Balaban J connectivity index is 1.81. The molecule has 19 heavy (non-hydrogen) atoms. The van der Waals surface area contributed by atoms with Crippen molar-refractivity contribution in [3.05, 3.63) is 53.4 Å². The van der Waals surface area contributed by atoms with Crippen molar-refractivity contribution in [3.8, 4) is 0 Å². The van der Waals surface area contributed by atoms with E-state index in [1.165, 1.54) is 6.20 Å². The van der Waals surface area contributed by atoms with Gasteiger partial charge in [-0.1, -0.05) is 35.5 Å². The summed E-state index contributed by atoms with van der Waals surface area (Å²) in [7, 11) is 0. The Morgan fingerprint density at radius 3 is 2.79 bits per heavy atom. The number of nitrogens with zero attached hydrogens (tertiary/aromatic N) is 1. The fourth-order valence-corrected chi connectivity index (χ4v) is 1.82. The number of nitrogens with two attached hydrogens (primary N) is 1. The minimum absolute atomic E-state index is 0.0786. The van der Waals surface area contributed by atoms with E-state index in [1.54, 1.807) is 6.92 Å². The quantitative estimate of drug-likeness (QED) is 0.858. The molecule has 0 aliphatic rings. The van der Waals surface area contributed by atoms with Crippen LogP contribution in [0.4, 0.5) is 0 Å². The zero-order valence-electron chi connectivity index (χ0n) is 10.8. The molecule has 0 saturated carbocycles. The Morgan fingerprint density at radius 1 is 1.42 bits per heavy atom. The smallest absolute Gasteiger partial charge is 0.256 e. The Kier molecular flexibility index (Phi) is 4.30. The number of carbonyl (C=O) groups is 1. The minimum atomic E-state index is -0.181. The first-order valence-corrected chi connectivity index (χ1v) is 6.18. The molecule has 5 nitrogen and oxygen atoms in total. The maximum Gasteiger partial charge on any atom is 0.256 e. The fraction of sp³-hybridized carbons (Fsp3) is 0.286. The summed E-state index contributed by atoms with van der Waals surface area (Å²) in [6.07, 6.45) is 2.10. The van der Waals surface area contributed by atoms with Crippen LogP contribution in [-0.4, -0.2) is 17.6 Å². The van der Waals surface area contributed by atoms with Crippen molar-refractivity contribution in [2.24, 2.45) is 5.73 Å². The van der Waals surface area contributed by atoms with Gasteiger partial charge >= 0.3 is 0 Å². The number of nitrogens with one attached hydrogen (secondary N) is 1. The van der Waals surface area contributed by atoms with E-state index in [2.05, 4.69) is 10.5 Å². The second-order valence-electron chi connectivity index (χ2n) is 4.36. The first kappa shape index (κ1) is 13.3. The van der Waals surface area contributed by atoms with Crippen LogP contribution >= 0.6 is 0 Å². The third-order valence-corrected chi connectivity index (χ3v) is 2.96. The third-order valence-electron chi connectivity index (χ3n) is 2.96. The molecule has 2 rings (SSSR count). The van der Waals surface area contributed by atoms with E-state index in [9.17, 15) is 4.79 Å². The fourth-order valence-electron chi connectivity index (χ4n) is 1.82. The van der Waals surface area contributed by atoms with Gasteiger partial charge in [0.05, 0.1) is 6.20 Å². The Hall–Kier alpha value is -2.14. The van der Waals surface area contributed by atoms with Crippen LogP contribution in [0.15, 0.2) is 41.1 Å². The van der Waals surface area contributed by atoms with Crippen LogP contribution in [0.5, 0.6) is 0 Å². The van der Waals surface area contributed by atoms with Gasteiger partial charge in [-0.05, 0) is 18.9 Å².